The van der Waals surface area contributed by atoms with Crippen LogP contribution in [0.15, 0.2) is 25.0 Å². The minimum Gasteiger partial charge on any atom is -0.320 e. The fourth-order valence-electron chi connectivity index (χ4n) is 1.96. The second-order valence-electron chi connectivity index (χ2n) is 3.84. The summed E-state index contributed by atoms with van der Waals surface area (Å²) in [4.78, 5) is 11.0. The summed E-state index contributed by atoms with van der Waals surface area (Å²) in [5.74, 6) is -0.194. The molecule has 15 heavy (non-hydrogen) atoms. The molecule has 0 unspecified atom stereocenters. The number of nitrogens with zero attached hydrogens (tertiary/aromatic N) is 2. The largest absolute Gasteiger partial charge is 0.320 e. The highest BCUT2D eigenvalue weighted by atomic mass is 16.1. The molecular weight excluding hydrogens is 190 g/mol. The maximum atomic E-state index is 11.0. The Kier molecular flexibility index (Phi) is 2.85. The molecule has 1 aliphatic carbocycles. The predicted octanol–water partition coefficient (Wildman–Crippen LogP) is 2.12. The predicted molar refractivity (Wildman–Crippen MR) is 58.6 cm³/mol. The Balaban J connectivity index is 2.03. The van der Waals surface area contributed by atoms with Gasteiger partial charge in [-0.05, 0) is 18.9 Å². The van der Waals surface area contributed by atoms with Gasteiger partial charge in [-0.1, -0.05) is 19.4 Å². The number of amides is 1. The van der Waals surface area contributed by atoms with E-state index in [-0.39, 0.29) is 5.91 Å². The molecule has 1 fully saturated rings. The molecule has 1 saturated carbocycles. The number of carbonyl (C=O) groups is 1. The van der Waals surface area contributed by atoms with Crippen LogP contribution in [-0.4, -0.2) is 15.7 Å². The van der Waals surface area contributed by atoms with Crippen molar-refractivity contribution in [3.05, 3.63) is 25.0 Å². The van der Waals surface area contributed by atoms with Gasteiger partial charge in [-0.3, -0.25) is 9.48 Å². The first-order valence-corrected chi connectivity index (χ1v) is 5.27. The van der Waals surface area contributed by atoms with E-state index in [0.29, 0.717) is 6.04 Å². The van der Waals surface area contributed by atoms with Crippen LogP contribution in [-0.2, 0) is 4.79 Å². The van der Waals surface area contributed by atoms with Crippen LogP contribution in [0.4, 0.5) is 5.69 Å². The molecule has 1 amide bonds. The SMILES string of the molecule is C=CC(=O)Nc1cnn(C2CCCC2)c1. The Morgan fingerprint density at radius 1 is 1.60 bits per heavy atom. The molecular formula is C11H15N3O. The molecule has 0 saturated heterocycles. The molecule has 4 heteroatoms. The van der Waals surface area contributed by atoms with Gasteiger partial charge in [0.05, 0.1) is 17.9 Å². The molecule has 80 valence electrons. The van der Waals surface area contributed by atoms with Gasteiger partial charge in [-0.15, -0.1) is 0 Å². The second-order valence-corrected chi connectivity index (χ2v) is 3.84. The number of rotatable bonds is 3. The average molecular weight is 205 g/mol. The van der Waals surface area contributed by atoms with Crippen LogP contribution >= 0.6 is 0 Å². The number of hydrogen-bond acceptors (Lipinski definition) is 2. The van der Waals surface area contributed by atoms with Gasteiger partial charge in [0, 0.05) is 6.20 Å². The highest BCUT2D eigenvalue weighted by Gasteiger charge is 2.17. The summed E-state index contributed by atoms with van der Waals surface area (Å²) in [5.41, 5.74) is 0.742. The molecule has 1 aromatic heterocycles. The van der Waals surface area contributed by atoms with Crippen molar-refractivity contribution in [1.82, 2.24) is 9.78 Å². The smallest absolute Gasteiger partial charge is 0.247 e. The van der Waals surface area contributed by atoms with Crippen molar-refractivity contribution in [2.75, 3.05) is 5.32 Å². The van der Waals surface area contributed by atoms with Gasteiger partial charge in [0.1, 0.15) is 0 Å². The zero-order valence-corrected chi connectivity index (χ0v) is 8.65. The van der Waals surface area contributed by atoms with Gasteiger partial charge in [0.2, 0.25) is 5.91 Å². The van der Waals surface area contributed by atoms with Gasteiger partial charge in [-0.25, -0.2) is 0 Å². The molecule has 0 spiro atoms. The molecule has 0 radical (unpaired) electrons. The van der Waals surface area contributed by atoms with Crippen LogP contribution < -0.4 is 5.32 Å². The lowest BCUT2D eigenvalue weighted by molar-refractivity contribution is -0.111. The molecule has 0 aromatic carbocycles. The normalized spacial score (nSPS) is 16.5. The molecule has 4 nitrogen and oxygen atoms in total. The van der Waals surface area contributed by atoms with Crippen LogP contribution in [0.5, 0.6) is 0 Å². The topological polar surface area (TPSA) is 46.9 Å². The van der Waals surface area contributed by atoms with Gasteiger partial charge in [0.25, 0.3) is 0 Å². The maximum absolute atomic E-state index is 11.0. The van der Waals surface area contributed by atoms with Crippen molar-refractivity contribution in [2.24, 2.45) is 0 Å². The molecule has 0 aliphatic heterocycles. The van der Waals surface area contributed by atoms with Crippen LogP contribution in [0.3, 0.4) is 0 Å². The lowest BCUT2D eigenvalue weighted by Crippen LogP contribution is -2.07. The van der Waals surface area contributed by atoms with E-state index in [1.807, 2.05) is 10.9 Å². The molecule has 0 atom stereocenters. The number of anilines is 1. The third-order valence-electron chi connectivity index (χ3n) is 2.75. The first-order valence-electron chi connectivity index (χ1n) is 5.27. The summed E-state index contributed by atoms with van der Waals surface area (Å²) in [5, 5.41) is 6.95. The Morgan fingerprint density at radius 2 is 2.33 bits per heavy atom. The fourth-order valence-corrected chi connectivity index (χ4v) is 1.96. The molecule has 1 aliphatic rings. The Hall–Kier alpha value is -1.58. The highest BCUT2D eigenvalue weighted by molar-refractivity contribution is 5.98. The Labute approximate surface area is 89.0 Å². The lowest BCUT2D eigenvalue weighted by atomic mass is 10.3. The van der Waals surface area contributed by atoms with Crippen molar-refractivity contribution in [1.29, 1.82) is 0 Å². The van der Waals surface area contributed by atoms with E-state index in [4.69, 9.17) is 0 Å². The zero-order valence-electron chi connectivity index (χ0n) is 8.65. The van der Waals surface area contributed by atoms with Crippen molar-refractivity contribution in [3.63, 3.8) is 0 Å². The van der Waals surface area contributed by atoms with Crippen LogP contribution in [0.25, 0.3) is 0 Å². The van der Waals surface area contributed by atoms with Crippen LogP contribution in [0.1, 0.15) is 31.7 Å². The van der Waals surface area contributed by atoms with E-state index < -0.39 is 0 Å². The van der Waals surface area contributed by atoms with E-state index in [1.165, 1.54) is 31.8 Å². The zero-order chi connectivity index (χ0) is 10.7. The van der Waals surface area contributed by atoms with Gasteiger partial charge in [0.15, 0.2) is 0 Å². The standard InChI is InChI=1S/C11H15N3O/c1-2-11(15)13-9-7-12-14(8-9)10-5-3-4-6-10/h2,7-8,10H,1,3-6H2,(H,13,15). The molecule has 1 N–H and O–H groups in total. The van der Waals surface area contributed by atoms with Gasteiger partial charge < -0.3 is 5.32 Å². The molecule has 2 rings (SSSR count). The van der Waals surface area contributed by atoms with Crippen molar-refractivity contribution in [2.45, 2.75) is 31.7 Å². The molecule has 1 aromatic rings. The minimum absolute atomic E-state index is 0.194. The van der Waals surface area contributed by atoms with Crippen LogP contribution in [0.2, 0.25) is 0 Å². The maximum Gasteiger partial charge on any atom is 0.247 e. The van der Waals surface area contributed by atoms with E-state index in [2.05, 4.69) is 17.0 Å². The third kappa shape index (κ3) is 2.26. The minimum atomic E-state index is -0.194. The summed E-state index contributed by atoms with van der Waals surface area (Å²) in [6.45, 7) is 3.40. The van der Waals surface area contributed by atoms with Crippen molar-refractivity contribution < 1.29 is 4.79 Å². The summed E-state index contributed by atoms with van der Waals surface area (Å²) in [6.07, 6.45) is 9.76. The number of hydrogen-bond donors (Lipinski definition) is 1. The summed E-state index contributed by atoms with van der Waals surface area (Å²) < 4.78 is 1.95. The van der Waals surface area contributed by atoms with Crippen LogP contribution in [0, 0.1) is 0 Å². The third-order valence-corrected chi connectivity index (χ3v) is 2.75. The summed E-state index contributed by atoms with van der Waals surface area (Å²) in [6, 6.07) is 0.513. The Bertz CT molecular complexity index is 364. The first kappa shape index (κ1) is 9.96. The lowest BCUT2D eigenvalue weighted by Gasteiger charge is -2.08. The Morgan fingerprint density at radius 3 is 3.00 bits per heavy atom. The summed E-state index contributed by atoms with van der Waals surface area (Å²) >= 11 is 0. The number of carbonyl (C=O) groups excluding carboxylic acids is 1. The monoisotopic (exact) mass is 205 g/mol. The number of nitrogens with one attached hydrogen (secondary N) is 1. The van der Waals surface area contributed by atoms with Gasteiger partial charge >= 0.3 is 0 Å². The molecule has 0 bridgehead atoms. The van der Waals surface area contributed by atoms with E-state index >= 15 is 0 Å². The average Bonchev–Trinajstić information content (AvgIpc) is 2.85. The van der Waals surface area contributed by atoms with Crippen molar-refractivity contribution >= 4 is 11.6 Å². The van der Waals surface area contributed by atoms with E-state index in [1.54, 1.807) is 6.20 Å². The summed E-state index contributed by atoms with van der Waals surface area (Å²) in [7, 11) is 0. The van der Waals surface area contributed by atoms with E-state index in [9.17, 15) is 4.79 Å². The van der Waals surface area contributed by atoms with Gasteiger partial charge in [-0.2, -0.15) is 5.10 Å². The van der Waals surface area contributed by atoms with E-state index in [0.717, 1.165) is 5.69 Å². The number of aromatic nitrogens is 2. The first-order chi connectivity index (χ1) is 7.29. The molecule has 1 heterocycles. The second kappa shape index (κ2) is 4.29. The quantitative estimate of drug-likeness (QED) is 0.768. The fraction of sp³-hybridized carbons (Fsp3) is 0.455. The highest BCUT2D eigenvalue weighted by Crippen LogP contribution is 2.29. The van der Waals surface area contributed by atoms with Crippen molar-refractivity contribution in [3.8, 4) is 0 Å².